The van der Waals surface area contributed by atoms with Crippen molar-refractivity contribution < 1.29 is 0 Å². The van der Waals surface area contributed by atoms with E-state index in [0.29, 0.717) is 0 Å². The van der Waals surface area contributed by atoms with Gasteiger partial charge in [0, 0.05) is 22.2 Å². The molecule has 56 heavy (non-hydrogen) atoms. The highest BCUT2D eigenvalue weighted by Crippen LogP contribution is 2.53. The normalized spacial score (nSPS) is 13.0. The molecular weight excluding hydrogens is 679 g/mol. The molecule has 0 spiro atoms. The molecule has 0 fully saturated rings. The maximum absolute atomic E-state index is 4.74. The highest BCUT2D eigenvalue weighted by Gasteiger charge is 2.36. The number of hydrogen-bond donors (Lipinski definition) is 0. The molecule has 1 heterocycles. The highest BCUT2D eigenvalue weighted by molar-refractivity contribution is 6.24. The van der Waals surface area contributed by atoms with Crippen LogP contribution in [0.4, 0.5) is 0 Å². The smallest absolute Gasteiger partial charge is 0.168 e. The molecule has 0 aliphatic heterocycles. The molecule has 0 amide bonds. The monoisotopic (exact) mass is 715 g/mol. The first-order valence-corrected chi connectivity index (χ1v) is 19.3. The van der Waals surface area contributed by atoms with E-state index in [2.05, 4.69) is 170 Å². The number of nitrogens with zero attached hydrogens (tertiary/aromatic N) is 3. The van der Waals surface area contributed by atoms with Crippen LogP contribution >= 0.6 is 0 Å². The Labute approximate surface area is 326 Å². The van der Waals surface area contributed by atoms with Gasteiger partial charge in [0.2, 0.25) is 0 Å². The maximum Gasteiger partial charge on any atom is 0.168 e. The van der Waals surface area contributed by atoms with E-state index in [9.17, 15) is 0 Å². The zero-order valence-electron chi connectivity index (χ0n) is 31.2. The number of hydrogen-bond acceptors (Lipinski definition) is 2. The molecule has 0 saturated carbocycles. The summed E-state index contributed by atoms with van der Waals surface area (Å²) in [6, 6.07) is 68.1. The van der Waals surface area contributed by atoms with Crippen molar-refractivity contribution in [3.63, 3.8) is 0 Å². The topological polar surface area (TPSA) is 30.7 Å². The van der Waals surface area contributed by atoms with Gasteiger partial charge in [-0.2, -0.15) is 0 Å². The Morgan fingerprint density at radius 2 is 0.911 bits per heavy atom. The molecule has 3 heteroatoms. The summed E-state index contributed by atoms with van der Waals surface area (Å²) in [7, 11) is 0. The molecule has 0 radical (unpaired) electrons. The fourth-order valence-electron chi connectivity index (χ4n) is 9.27. The summed E-state index contributed by atoms with van der Waals surface area (Å²) in [6.07, 6.45) is 0. The van der Waals surface area contributed by atoms with E-state index >= 15 is 0 Å². The molecule has 11 rings (SSSR count). The summed E-state index contributed by atoms with van der Waals surface area (Å²) < 4.78 is 2.18. The van der Waals surface area contributed by atoms with Crippen molar-refractivity contribution in [1.82, 2.24) is 14.8 Å². The van der Waals surface area contributed by atoms with Crippen molar-refractivity contribution in [2.24, 2.45) is 0 Å². The highest BCUT2D eigenvalue weighted by atomic mass is 15.3. The Kier molecular flexibility index (Phi) is 7.20. The molecule has 0 atom stereocenters. The van der Waals surface area contributed by atoms with E-state index in [-0.39, 0.29) is 5.41 Å². The van der Waals surface area contributed by atoms with Crippen molar-refractivity contribution >= 4 is 32.3 Å². The van der Waals surface area contributed by atoms with Crippen LogP contribution in [0.25, 0.3) is 94.2 Å². The lowest BCUT2D eigenvalue weighted by Crippen LogP contribution is -2.14. The molecule has 0 bridgehead atoms. The molecule has 1 aliphatic rings. The lowest BCUT2D eigenvalue weighted by molar-refractivity contribution is 0.661. The zero-order chi connectivity index (χ0) is 37.4. The third kappa shape index (κ3) is 4.84. The van der Waals surface area contributed by atoms with Gasteiger partial charge in [0.15, 0.2) is 11.6 Å². The Hall–Kier alpha value is -7.10. The van der Waals surface area contributed by atoms with Gasteiger partial charge in [-0.25, -0.2) is 0 Å². The van der Waals surface area contributed by atoms with E-state index < -0.39 is 0 Å². The zero-order valence-corrected chi connectivity index (χ0v) is 31.2. The minimum Gasteiger partial charge on any atom is -0.275 e. The molecule has 1 aliphatic carbocycles. The molecule has 3 nitrogen and oxygen atoms in total. The van der Waals surface area contributed by atoms with Crippen molar-refractivity contribution in [3.05, 3.63) is 199 Å². The Bertz CT molecular complexity index is 3080. The first-order chi connectivity index (χ1) is 27.6. The van der Waals surface area contributed by atoms with Gasteiger partial charge in [-0.05, 0) is 101 Å². The van der Waals surface area contributed by atoms with E-state index in [1.807, 2.05) is 36.4 Å². The average Bonchev–Trinajstić information content (AvgIpc) is 3.80. The van der Waals surface area contributed by atoms with Crippen molar-refractivity contribution in [3.8, 4) is 61.8 Å². The standard InChI is InChI=1S/C53H37N3/c1-53(2)47-27-14-13-23-40(47)44-32-45-46(33-48(44)53)49(42-24-11-12-25-43(42)50(45)41-26-15-21-34-16-9-10-22-39(34)41)35-28-30-38(31-29-35)56-51(36-17-5-3-6-18-36)54-55-52(56)37-19-7-4-8-20-37/h3-33H,1-2H3. The first kappa shape index (κ1) is 32.3. The van der Waals surface area contributed by atoms with E-state index in [0.717, 1.165) is 28.5 Å². The molecule has 10 aromatic rings. The fraction of sp³-hybridized carbons (Fsp3) is 0.0566. The number of aromatic nitrogens is 3. The predicted octanol–water partition coefficient (Wildman–Crippen LogP) is 13.7. The minimum absolute atomic E-state index is 0.136. The van der Waals surface area contributed by atoms with Crippen LogP contribution in [-0.4, -0.2) is 14.8 Å². The Morgan fingerprint density at radius 1 is 0.375 bits per heavy atom. The van der Waals surface area contributed by atoms with Gasteiger partial charge in [0.05, 0.1) is 0 Å². The van der Waals surface area contributed by atoms with E-state index in [1.165, 1.54) is 76.8 Å². The van der Waals surface area contributed by atoms with Gasteiger partial charge in [0.1, 0.15) is 0 Å². The van der Waals surface area contributed by atoms with Crippen LogP contribution in [0.3, 0.4) is 0 Å². The number of benzene rings is 9. The van der Waals surface area contributed by atoms with E-state index in [4.69, 9.17) is 10.2 Å². The van der Waals surface area contributed by atoms with Crippen LogP contribution in [0.1, 0.15) is 25.0 Å². The largest absolute Gasteiger partial charge is 0.275 e. The Morgan fingerprint density at radius 3 is 1.61 bits per heavy atom. The van der Waals surface area contributed by atoms with Gasteiger partial charge in [0.25, 0.3) is 0 Å². The minimum atomic E-state index is -0.136. The molecule has 9 aromatic carbocycles. The van der Waals surface area contributed by atoms with Crippen LogP contribution in [0.2, 0.25) is 0 Å². The van der Waals surface area contributed by atoms with E-state index in [1.54, 1.807) is 0 Å². The summed E-state index contributed by atoms with van der Waals surface area (Å²) in [5.41, 5.74) is 13.3. The van der Waals surface area contributed by atoms with Crippen LogP contribution in [0.15, 0.2) is 188 Å². The second-order valence-electron chi connectivity index (χ2n) is 15.4. The van der Waals surface area contributed by atoms with Gasteiger partial charge >= 0.3 is 0 Å². The molecule has 0 N–H and O–H groups in total. The SMILES string of the molecule is CC1(C)c2ccccc2-c2cc3c(-c4cccc5ccccc45)c4ccccc4c(-c4ccc(-n5c(-c6ccccc6)nnc5-c5ccccc5)cc4)c3cc21. The summed E-state index contributed by atoms with van der Waals surface area (Å²) in [6.45, 7) is 4.75. The van der Waals surface area contributed by atoms with Gasteiger partial charge in [-0.1, -0.05) is 178 Å². The van der Waals surface area contributed by atoms with Gasteiger partial charge in [-0.15, -0.1) is 10.2 Å². The number of rotatable bonds is 5. The van der Waals surface area contributed by atoms with Crippen LogP contribution in [0.5, 0.6) is 0 Å². The lowest BCUT2D eigenvalue weighted by atomic mass is 9.79. The first-order valence-electron chi connectivity index (χ1n) is 19.3. The van der Waals surface area contributed by atoms with Crippen molar-refractivity contribution in [2.45, 2.75) is 19.3 Å². The predicted molar refractivity (Wildman–Crippen MR) is 233 cm³/mol. The molecule has 1 aromatic heterocycles. The molecule has 0 unspecified atom stereocenters. The van der Waals surface area contributed by atoms with Crippen LogP contribution < -0.4 is 0 Å². The Balaban J connectivity index is 1.19. The number of fused-ring (bicyclic) bond motifs is 6. The quantitative estimate of drug-likeness (QED) is 0.166. The summed E-state index contributed by atoms with van der Waals surface area (Å²) in [5, 5.41) is 17.0. The van der Waals surface area contributed by atoms with Crippen molar-refractivity contribution in [1.29, 1.82) is 0 Å². The molecule has 264 valence electrons. The third-order valence-electron chi connectivity index (χ3n) is 11.9. The summed E-state index contributed by atoms with van der Waals surface area (Å²) >= 11 is 0. The molecule has 0 saturated heterocycles. The second-order valence-corrected chi connectivity index (χ2v) is 15.4. The fourth-order valence-corrected chi connectivity index (χ4v) is 9.27. The van der Waals surface area contributed by atoms with Crippen LogP contribution in [-0.2, 0) is 5.41 Å². The van der Waals surface area contributed by atoms with Crippen LogP contribution in [0, 0.1) is 0 Å². The average molecular weight is 716 g/mol. The second kappa shape index (κ2) is 12.5. The summed E-state index contributed by atoms with van der Waals surface area (Å²) in [4.78, 5) is 0. The molecular formula is C53H37N3. The van der Waals surface area contributed by atoms with Crippen molar-refractivity contribution in [2.75, 3.05) is 0 Å². The summed E-state index contributed by atoms with van der Waals surface area (Å²) in [5.74, 6) is 1.62. The van der Waals surface area contributed by atoms with Gasteiger partial charge < -0.3 is 0 Å². The van der Waals surface area contributed by atoms with Gasteiger partial charge in [-0.3, -0.25) is 4.57 Å². The maximum atomic E-state index is 4.74. The third-order valence-corrected chi connectivity index (χ3v) is 11.9. The lowest BCUT2D eigenvalue weighted by Gasteiger charge is -2.24.